The monoisotopic (exact) mass is 248 g/mol. The van der Waals surface area contributed by atoms with Crippen LogP contribution >= 0.6 is 0 Å². The van der Waals surface area contributed by atoms with E-state index in [4.69, 9.17) is 9.84 Å². The summed E-state index contributed by atoms with van der Waals surface area (Å²) >= 11 is 0. The molecule has 0 radical (unpaired) electrons. The highest BCUT2D eigenvalue weighted by molar-refractivity contribution is 5.90. The van der Waals surface area contributed by atoms with Crippen molar-refractivity contribution in [3.8, 4) is 11.8 Å². The lowest BCUT2D eigenvalue weighted by Crippen LogP contribution is -2.15. The lowest BCUT2D eigenvalue weighted by atomic mass is 10.1. The van der Waals surface area contributed by atoms with Crippen molar-refractivity contribution in [2.75, 3.05) is 12.4 Å². The van der Waals surface area contributed by atoms with Crippen molar-refractivity contribution in [1.82, 2.24) is 15.2 Å². The maximum Gasteiger partial charge on any atom is 0.336 e. The number of rotatable bonds is 4. The number of phenols is 1. The molecule has 2 aromatic rings. The fourth-order valence-electron chi connectivity index (χ4n) is 1.37. The molecular formula is C11H12N4O3. The van der Waals surface area contributed by atoms with Crippen LogP contribution in [-0.4, -0.2) is 33.3 Å². The number of ether oxygens (including phenoxy) is 1. The number of benzene rings is 1. The maximum atomic E-state index is 11.7. The average Bonchev–Trinajstić information content (AvgIpc) is 2.79. The molecule has 7 heteroatoms. The number of H-pyrrole nitrogens is 1. The minimum absolute atomic E-state index is 0.162. The smallest absolute Gasteiger partial charge is 0.336 e. The molecule has 0 unspecified atom stereocenters. The van der Waals surface area contributed by atoms with Crippen LogP contribution in [0.1, 0.15) is 5.56 Å². The summed E-state index contributed by atoms with van der Waals surface area (Å²) in [6.45, 7) is 0. The Morgan fingerprint density at radius 2 is 2.17 bits per heavy atom. The lowest BCUT2D eigenvalue weighted by Gasteiger charge is -2.01. The Bertz CT molecular complexity index is 535. The highest BCUT2D eigenvalue weighted by Crippen LogP contribution is 2.11. The number of nitrogens with one attached hydrogen (secondary N) is 2. The number of carbonyl (C=O) groups is 1. The lowest BCUT2D eigenvalue weighted by molar-refractivity contribution is -0.115. The van der Waals surface area contributed by atoms with Gasteiger partial charge < -0.3 is 9.84 Å². The van der Waals surface area contributed by atoms with Gasteiger partial charge in [-0.05, 0) is 17.7 Å². The van der Waals surface area contributed by atoms with Crippen LogP contribution in [0.2, 0.25) is 0 Å². The van der Waals surface area contributed by atoms with Crippen molar-refractivity contribution in [2.24, 2.45) is 0 Å². The third-order valence-electron chi connectivity index (χ3n) is 2.21. The van der Waals surface area contributed by atoms with E-state index < -0.39 is 0 Å². The molecule has 0 saturated heterocycles. The van der Waals surface area contributed by atoms with Crippen LogP contribution in [-0.2, 0) is 11.2 Å². The summed E-state index contributed by atoms with van der Waals surface area (Å²) in [7, 11) is 1.44. The molecule has 0 spiro atoms. The Hall–Kier alpha value is -2.57. The van der Waals surface area contributed by atoms with E-state index in [-0.39, 0.29) is 30.0 Å². The zero-order valence-corrected chi connectivity index (χ0v) is 9.67. The van der Waals surface area contributed by atoms with E-state index in [1.54, 1.807) is 12.1 Å². The van der Waals surface area contributed by atoms with Crippen molar-refractivity contribution < 1.29 is 14.6 Å². The van der Waals surface area contributed by atoms with E-state index in [0.717, 1.165) is 5.56 Å². The summed E-state index contributed by atoms with van der Waals surface area (Å²) in [6.07, 6.45) is 0.184. The van der Waals surface area contributed by atoms with Crippen LogP contribution in [0, 0.1) is 0 Å². The second kappa shape index (κ2) is 5.17. The summed E-state index contributed by atoms with van der Waals surface area (Å²) in [6, 6.07) is 6.57. The quantitative estimate of drug-likeness (QED) is 0.739. The number of carbonyl (C=O) groups excluding carboxylic acids is 1. The van der Waals surface area contributed by atoms with Gasteiger partial charge in [-0.2, -0.15) is 4.98 Å². The summed E-state index contributed by atoms with van der Waals surface area (Å²) in [5.74, 6) is 0.161. The summed E-state index contributed by atoms with van der Waals surface area (Å²) < 4.78 is 4.78. The number of phenolic OH excluding ortho intramolecular Hbond substituents is 1. The molecule has 0 aliphatic rings. The molecule has 18 heavy (non-hydrogen) atoms. The number of aromatic amines is 1. The number of methoxy groups -OCH3 is 1. The summed E-state index contributed by atoms with van der Waals surface area (Å²) in [5, 5.41) is 17.9. The summed E-state index contributed by atoms with van der Waals surface area (Å²) in [4.78, 5) is 15.5. The van der Waals surface area contributed by atoms with Gasteiger partial charge in [0.05, 0.1) is 13.5 Å². The molecule has 1 amide bonds. The molecule has 0 fully saturated rings. The Labute approximate surface area is 103 Å². The highest BCUT2D eigenvalue weighted by Gasteiger charge is 2.08. The molecule has 0 aliphatic carbocycles. The SMILES string of the molecule is COc1n[nH]c(NC(=O)Cc2ccc(O)cc2)n1. The van der Waals surface area contributed by atoms with Gasteiger partial charge >= 0.3 is 6.01 Å². The molecule has 1 aromatic carbocycles. The van der Waals surface area contributed by atoms with Crippen molar-refractivity contribution in [3.63, 3.8) is 0 Å². The second-order valence-corrected chi connectivity index (χ2v) is 3.56. The van der Waals surface area contributed by atoms with Gasteiger partial charge in [0.15, 0.2) is 0 Å². The standard InChI is InChI=1S/C11H12N4O3/c1-18-11-13-10(14-15-11)12-9(17)6-7-2-4-8(16)5-3-7/h2-5,16H,6H2,1H3,(H2,12,13,14,15,17). The number of hydrogen-bond acceptors (Lipinski definition) is 5. The molecule has 0 aliphatic heterocycles. The van der Waals surface area contributed by atoms with E-state index in [1.165, 1.54) is 19.2 Å². The Morgan fingerprint density at radius 3 is 2.78 bits per heavy atom. The second-order valence-electron chi connectivity index (χ2n) is 3.56. The van der Waals surface area contributed by atoms with Gasteiger partial charge in [-0.1, -0.05) is 12.1 Å². The predicted molar refractivity (Wildman–Crippen MR) is 63.4 cm³/mol. The van der Waals surface area contributed by atoms with Gasteiger partial charge in [-0.3, -0.25) is 10.1 Å². The molecule has 7 nitrogen and oxygen atoms in total. The van der Waals surface area contributed by atoms with E-state index in [1.807, 2.05) is 0 Å². The van der Waals surface area contributed by atoms with Crippen molar-refractivity contribution in [2.45, 2.75) is 6.42 Å². The molecule has 3 N–H and O–H groups in total. The minimum Gasteiger partial charge on any atom is -0.508 e. The van der Waals surface area contributed by atoms with Gasteiger partial charge in [0.25, 0.3) is 0 Å². The van der Waals surface area contributed by atoms with Gasteiger partial charge in [0.2, 0.25) is 11.9 Å². The first-order valence-electron chi connectivity index (χ1n) is 5.21. The Kier molecular flexibility index (Phi) is 3.42. The van der Waals surface area contributed by atoms with E-state index in [9.17, 15) is 4.79 Å². The fraction of sp³-hybridized carbons (Fsp3) is 0.182. The number of nitrogens with zero attached hydrogens (tertiary/aromatic N) is 2. The third kappa shape index (κ3) is 2.97. The zero-order chi connectivity index (χ0) is 13.0. The van der Waals surface area contributed by atoms with Crippen molar-refractivity contribution in [3.05, 3.63) is 29.8 Å². The van der Waals surface area contributed by atoms with E-state index in [2.05, 4.69) is 20.5 Å². The Balaban J connectivity index is 1.94. The van der Waals surface area contributed by atoms with Crippen LogP contribution in [0.4, 0.5) is 5.95 Å². The first kappa shape index (κ1) is 11.9. The topological polar surface area (TPSA) is 100 Å². The van der Waals surface area contributed by atoms with Gasteiger partial charge in [-0.25, -0.2) is 5.10 Å². The number of hydrogen-bond donors (Lipinski definition) is 3. The van der Waals surface area contributed by atoms with E-state index in [0.29, 0.717) is 0 Å². The largest absolute Gasteiger partial charge is 0.508 e. The molecule has 94 valence electrons. The molecule has 2 rings (SSSR count). The number of aromatic hydroxyl groups is 1. The minimum atomic E-state index is -0.237. The molecule has 0 atom stereocenters. The van der Waals surface area contributed by atoms with Crippen molar-refractivity contribution in [1.29, 1.82) is 0 Å². The number of anilines is 1. The van der Waals surface area contributed by atoms with E-state index >= 15 is 0 Å². The van der Waals surface area contributed by atoms with Gasteiger partial charge in [0, 0.05) is 0 Å². The molecular weight excluding hydrogens is 236 g/mol. The molecule has 0 bridgehead atoms. The van der Waals surface area contributed by atoms with Crippen LogP contribution < -0.4 is 10.1 Å². The van der Waals surface area contributed by atoms with Crippen LogP contribution in [0.3, 0.4) is 0 Å². The predicted octanol–water partition coefficient (Wildman–Crippen LogP) is 0.700. The normalized spacial score (nSPS) is 10.1. The van der Waals surface area contributed by atoms with Gasteiger partial charge in [0.1, 0.15) is 5.75 Å². The molecule has 1 aromatic heterocycles. The summed E-state index contributed by atoms with van der Waals surface area (Å²) in [5.41, 5.74) is 0.789. The highest BCUT2D eigenvalue weighted by atomic mass is 16.5. The van der Waals surface area contributed by atoms with Crippen LogP contribution in [0.15, 0.2) is 24.3 Å². The molecule has 1 heterocycles. The average molecular weight is 248 g/mol. The Morgan fingerprint density at radius 1 is 1.44 bits per heavy atom. The van der Waals surface area contributed by atoms with Crippen LogP contribution in [0.25, 0.3) is 0 Å². The number of aromatic nitrogens is 3. The third-order valence-corrected chi connectivity index (χ3v) is 2.21. The zero-order valence-electron chi connectivity index (χ0n) is 9.67. The van der Waals surface area contributed by atoms with Crippen molar-refractivity contribution >= 4 is 11.9 Å². The first-order chi connectivity index (χ1) is 8.67. The first-order valence-corrected chi connectivity index (χ1v) is 5.21. The number of amides is 1. The van der Waals surface area contributed by atoms with Gasteiger partial charge in [-0.15, -0.1) is 5.10 Å². The van der Waals surface area contributed by atoms with Crippen LogP contribution in [0.5, 0.6) is 11.8 Å². The fourth-order valence-corrected chi connectivity index (χ4v) is 1.37. The maximum absolute atomic E-state index is 11.7. The molecule has 0 saturated carbocycles.